The molecule has 0 spiro atoms. The molecular weight excluding hydrogens is 483 g/mol. The molecule has 1 saturated heterocycles. The number of hydrogen-bond donors (Lipinski definition) is 1. The number of ether oxygens (including phenoxy) is 1. The zero-order chi connectivity index (χ0) is 25.5. The van der Waals surface area contributed by atoms with Crippen LogP contribution in [0.15, 0.2) is 72.3 Å². The maximum Gasteiger partial charge on any atom is 0.416 e. The lowest BCUT2D eigenvalue weighted by molar-refractivity contribution is -0.137. The Morgan fingerprint density at radius 1 is 1.03 bits per heavy atom. The third-order valence-corrected chi connectivity index (χ3v) is 6.03. The van der Waals surface area contributed by atoms with Crippen LogP contribution in [0.3, 0.4) is 0 Å². The molecule has 1 N–H and O–H groups in total. The van der Waals surface area contributed by atoms with Crippen molar-refractivity contribution < 1.29 is 32.6 Å². The van der Waals surface area contributed by atoms with Crippen LogP contribution in [0, 0.1) is 6.92 Å². The molecule has 1 amide bonds. The molecule has 0 bridgehead atoms. The number of carbonyl (C=O) groups is 2. The Bertz CT molecular complexity index is 1350. The van der Waals surface area contributed by atoms with Gasteiger partial charge >= 0.3 is 6.18 Å². The van der Waals surface area contributed by atoms with Crippen LogP contribution in [0.5, 0.6) is 5.75 Å². The summed E-state index contributed by atoms with van der Waals surface area (Å²) in [6, 6.07) is 14.2. The quantitative estimate of drug-likeness (QED) is 0.259. The van der Waals surface area contributed by atoms with Gasteiger partial charge < -0.3 is 9.84 Å². The monoisotopic (exact) mass is 501 g/mol. The van der Waals surface area contributed by atoms with Gasteiger partial charge in [0.15, 0.2) is 0 Å². The molecule has 0 aromatic heterocycles. The molecule has 0 saturated carbocycles. The number of hydrogen-bond acceptors (Lipinski definition) is 4. The molecule has 1 fully saturated rings. The molecule has 0 aliphatic carbocycles. The number of rotatable bonds is 4. The highest BCUT2D eigenvalue weighted by Gasteiger charge is 2.47. The number of Topliss-reactive ketones (excluding diaryl/α,β-unsaturated/α-hetero) is 1. The first kappa shape index (κ1) is 24.3. The molecule has 3 aromatic carbocycles. The van der Waals surface area contributed by atoms with E-state index in [2.05, 4.69) is 0 Å². The fraction of sp³-hybridized carbons (Fsp3) is 0.154. The lowest BCUT2D eigenvalue weighted by Crippen LogP contribution is -2.29. The number of aryl methyl sites for hydroxylation is 1. The molecule has 1 aliphatic heterocycles. The van der Waals surface area contributed by atoms with Crippen LogP contribution in [0.25, 0.3) is 5.76 Å². The number of halogens is 4. The van der Waals surface area contributed by atoms with Gasteiger partial charge in [0.2, 0.25) is 0 Å². The zero-order valence-electron chi connectivity index (χ0n) is 18.6. The van der Waals surface area contributed by atoms with E-state index in [0.717, 1.165) is 34.7 Å². The predicted molar refractivity (Wildman–Crippen MR) is 125 cm³/mol. The summed E-state index contributed by atoms with van der Waals surface area (Å²) in [5, 5.41) is 11.3. The number of carbonyl (C=O) groups excluding carboxylic acids is 2. The number of ketones is 1. The van der Waals surface area contributed by atoms with Crippen molar-refractivity contribution in [2.75, 3.05) is 12.0 Å². The molecule has 35 heavy (non-hydrogen) atoms. The summed E-state index contributed by atoms with van der Waals surface area (Å²) in [5.41, 5.74) is 0.324. The van der Waals surface area contributed by atoms with Crippen LogP contribution in [-0.2, 0) is 15.8 Å². The fourth-order valence-electron chi connectivity index (χ4n) is 4.02. The Morgan fingerprint density at radius 2 is 1.71 bits per heavy atom. The van der Waals surface area contributed by atoms with E-state index in [1.54, 1.807) is 24.3 Å². The van der Waals surface area contributed by atoms with E-state index in [9.17, 15) is 27.9 Å². The Balaban J connectivity index is 1.94. The highest BCUT2D eigenvalue weighted by Crippen LogP contribution is 2.44. The Hall–Kier alpha value is -3.78. The number of alkyl halides is 3. The summed E-state index contributed by atoms with van der Waals surface area (Å²) in [7, 11) is 1.42. The molecule has 5 nitrogen and oxygen atoms in total. The van der Waals surface area contributed by atoms with E-state index in [0.29, 0.717) is 11.3 Å². The lowest BCUT2D eigenvalue weighted by atomic mass is 9.94. The van der Waals surface area contributed by atoms with Crippen molar-refractivity contribution in [3.8, 4) is 5.75 Å². The zero-order valence-corrected chi connectivity index (χ0v) is 19.3. The fourth-order valence-corrected chi connectivity index (χ4v) is 4.23. The summed E-state index contributed by atoms with van der Waals surface area (Å²) in [4.78, 5) is 27.4. The molecular formula is C26H19ClF3NO4. The standard InChI is InChI=1S/C26H19ClF3NO4/c1-14-4-3-5-15(12-14)22-21(23(32)19-13-18(35-2)10-11-20(19)27)24(33)25(34)31(22)17-8-6-16(7-9-17)26(28,29)30/h3-13,22,32H,1-2H3/b23-21+. The summed E-state index contributed by atoms with van der Waals surface area (Å²) < 4.78 is 44.4. The maximum absolute atomic E-state index is 13.2. The van der Waals surface area contributed by atoms with Gasteiger partial charge in [0.25, 0.3) is 11.7 Å². The van der Waals surface area contributed by atoms with Crippen molar-refractivity contribution in [3.05, 3.63) is 99.6 Å². The van der Waals surface area contributed by atoms with E-state index in [1.807, 2.05) is 13.0 Å². The third-order valence-electron chi connectivity index (χ3n) is 5.70. The van der Waals surface area contributed by atoms with Crippen molar-refractivity contribution in [1.29, 1.82) is 0 Å². The van der Waals surface area contributed by atoms with E-state index in [1.165, 1.54) is 19.2 Å². The minimum Gasteiger partial charge on any atom is -0.507 e. The SMILES string of the molecule is COc1ccc(Cl)c(/C(O)=C2\C(=O)C(=O)N(c3ccc(C(F)(F)F)cc3)C2c2cccc(C)c2)c1. The Labute approximate surface area is 204 Å². The van der Waals surface area contributed by atoms with Crippen LogP contribution in [0.1, 0.15) is 28.3 Å². The summed E-state index contributed by atoms with van der Waals surface area (Å²) >= 11 is 6.28. The maximum atomic E-state index is 13.2. The minimum absolute atomic E-state index is 0.0717. The van der Waals surface area contributed by atoms with Crippen molar-refractivity contribution in [3.63, 3.8) is 0 Å². The van der Waals surface area contributed by atoms with Gasteiger partial charge in [-0.3, -0.25) is 14.5 Å². The van der Waals surface area contributed by atoms with Gasteiger partial charge in [-0.15, -0.1) is 0 Å². The largest absolute Gasteiger partial charge is 0.507 e. The molecule has 0 radical (unpaired) electrons. The van der Waals surface area contributed by atoms with Gasteiger partial charge in [-0.05, 0) is 55.0 Å². The molecule has 1 atom stereocenters. The minimum atomic E-state index is -4.56. The molecule has 4 rings (SSSR count). The smallest absolute Gasteiger partial charge is 0.416 e. The highest BCUT2D eigenvalue weighted by atomic mass is 35.5. The van der Waals surface area contributed by atoms with Gasteiger partial charge in [0, 0.05) is 11.3 Å². The second-order valence-corrected chi connectivity index (χ2v) is 8.38. The number of amides is 1. The average Bonchev–Trinajstić information content (AvgIpc) is 3.09. The number of aliphatic hydroxyl groups is 1. The lowest BCUT2D eigenvalue weighted by Gasteiger charge is -2.26. The van der Waals surface area contributed by atoms with Gasteiger partial charge in [-0.1, -0.05) is 41.4 Å². The van der Waals surface area contributed by atoms with Crippen LogP contribution >= 0.6 is 11.6 Å². The van der Waals surface area contributed by atoms with Crippen molar-refractivity contribution in [1.82, 2.24) is 0 Å². The second kappa shape index (κ2) is 9.11. The van der Waals surface area contributed by atoms with E-state index < -0.39 is 35.2 Å². The first-order valence-electron chi connectivity index (χ1n) is 10.4. The molecule has 3 aromatic rings. The van der Waals surface area contributed by atoms with Gasteiger partial charge in [-0.2, -0.15) is 13.2 Å². The molecule has 180 valence electrons. The molecule has 1 heterocycles. The Kier molecular flexibility index (Phi) is 6.34. The molecule has 1 aliphatic rings. The first-order valence-corrected chi connectivity index (χ1v) is 10.8. The highest BCUT2D eigenvalue weighted by molar-refractivity contribution is 6.52. The number of benzene rings is 3. The van der Waals surface area contributed by atoms with Crippen LogP contribution in [0.2, 0.25) is 5.02 Å². The Morgan fingerprint density at radius 3 is 2.31 bits per heavy atom. The number of anilines is 1. The topological polar surface area (TPSA) is 66.8 Å². The van der Waals surface area contributed by atoms with Crippen LogP contribution in [0.4, 0.5) is 18.9 Å². The van der Waals surface area contributed by atoms with Crippen molar-refractivity contribution in [2.45, 2.75) is 19.1 Å². The number of aliphatic hydroxyl groups excluding tert-OH is 1. The molecule has 9 heteroatoms. The summed E-state index contributed by atoms with van der Waals surface area (Å²) in [5.74, 6) is -2.14. The van der Waals surface area contributed by atoms with E-state index in [-0.39, 0.29) is 21.8 Å². The summed E-state index contributed by atoms with van der Waals surface area (Å²) in [6.45, 7) is 1.81. The van der Waals surface area contributed by atoms with E-state index in [4.69, 9.17) is 16.3 Å². The predicted octanol–water partition coefficient (Wildman–Crippen LogP) is 6.30. The number of nitrogens with zero attached hydrogens (tertiary/aromatic N) is 1. The van der Waals surface area contributed by atoms with Gasteiger partial charge in [0.1, 0.15) is 11.5 Å². The first-order chi connectivity index (χ1) is 16.5. The third kappa shape index (κ3) is 4.49. The molecule has 1 unspecified atom stereocenters. The second-order valence-electron chi connectivity index (χ2n) is 7.97. The van der Waals surface area contributed by atoms with Gasteiger partial charge in [0.05, 0.1) is 29.3 Å². The normalized spacial score (nSPS) is 17.7. The van der Waals surface area contributed by atoms with Crippen LogP contribution in [-0.4, -0.2) is 23.9 Å². The summed E-state index contributed by atoms with van der Waals surface area (Å²) in [6.07, 6.45) is -4.56. The average molecular weight is 502 g/mol. The van der Waals surface area contributed by atoms with E-state index >= 15 is 0 Å². The number of methoxy groups -OCH3 is 1. The van der Waals surface area contributed by atoms with Crippen LogP contribution < -0.4 is 9.64 Å². The van der Waals surface area contributed by atoms with Crippen molar-refractivity contribution >= 4 is 34.7 Å². The van der Waals surface area contributed by atoms with Crippen molar-refractivity contribution in [2.24, 2.45) is 0 Å². The van der Waals surface area contributed by atoms with Gasteiger partial charge in [-0.25, -0.2) is 0 Å².